The van der Waals surface area contributed by atoms with Gasteiger partial charge in [-0.3, -0.25) is 4.79 Å². The Balaban J connectivity index is 2.03. The fourth-order valence-electron chi connectivity index (χ4n) is 1.99. The molecule has 0 fully saturated rings. The maximum Gasteiger partial charge on any atom is 0.406 e. The molecule has 0 atom stereocenters. The van der Waals surface area contributed by atoms with Crippen LogP contribution in [0.1, 0.15) is 16.1 Å². The summed E-state index contributed by atoms with van der Waals surface area (Å²) < 4.78 is 48.1. The van der Waals surface area contributed by atoms with E-state index in [2.05, 4.69) is 0 Å². The van der Waals surface area contributed by atoms with Crippen molar-refractivity contribution in [1.29, 1.82) is 0 Å². The number of carboxylic acid groups (broad SMARTS) is 1. The first-order valence-electron chi connectivity index (χ1n) is 7.07. The van der Waals surface area contributed by atoms with Gasteiger partial charge in [-0.1, -0.05) is 6.07 Å². The molecule has 0 unspecified atom stereocenters. The van der Waals surface area contributed by atoms with Crippen molar-refractivity contribution in [2.45, 2.75) is 12.7 Å². The number of carbonyl (C=O) groups is 2. The Bertz CT molecular complexity index is 728. The van der Waals surface area contributed by atoms with Crippen LogP contribution in [0.15, 0.2) is 47.1 Å². The maximum absolute atomic E-state index is 12.7. The van der Waals surface area contributed by atoms with Crippen LogP contribution in [-0.2, 0) is 11.3 Å². The van der Waals surface area contributed by atoms with Gasteiger partial charge in [0.25, 0.3) is 5.91 Å². The van der Waals surface area contributed by atoms with Gasteiger partial charge >= 0.3 is 12.1 Å². The Morgan fingerprint density at radius 3 is 2.56 bits per heavy atom. The van der Waals surface area contributed by atoms with Crippen LogP contribution in [0.2, 0.25) is 0 Å². The summed E-state index contributed by atoms with van der Waals surface area (Å²) in [5.41, 5.74) is -0.0623. The third kappa shape index (κ3) is 5.87. The van der Waals surface area contributed by atoms with E-state index in [4.69, 9.17) is 14.3 Å². The summed E-state index contributed by atoms with van der Waals surface area (Å²) >= 11 is 0. The monoisotopic (exact) mass is 357 g/mol. The zero-order chi connectivity index (χ0) is 18.4. The number of halogens is 3. The zero-order valence-corrected chi connectivity index (χ0v) is 12.8. The molecule has 9 heteroatoms. The lowest BCUT2D eigenvalue weighted by Crippen LogP contribution is -2.40. The number of hydrogen-bond donors (Lipinski definition) is 1. The van der Waals surface area contributed by atoms with Gasteiger partial charge in [0.15, 0.2) is 6.61 Å². The Kier molecular flexibility index (Phi) is 5.68. The summed E-state index contributed by atoms with van der Waals surface area (Å²) in [4.78, 5) is 23.5. The normalized spacial score (nSPS) is 11.2. The van der Waals surface area contributed by atoms with E-state index in [9.17, 15) is 22.8 Å². The van der Waals surface area contributed by atoms with Gasteiger partial charge in [-0.05, 0) is 30.3 Å². The molecular weight excluding hydrogens is 343 g/mol. The Hall–Kier alpha value is -2.97. The summed E-state index contributed by atoms with van der Waals surface area (Å²) in [5, 5.41) is 8.88. The number of aromatic carboxylic acids is 1. The Morgan fingerprint density at radius 2 is 1.96 bits per heavy atom. The van der Waals surface area contributed by atoms with Crippen LogP contribution < -0.4 is 4.74 Å². The van der Waals surface area contributed by atoms with Gasteiger partial charge in [-0.15, -0.1) is 0 Å². The van der Waals surface area contributed by atoms with Crippen molar-refractivity contribution >= 4 is 11.9 Å². The summed E-state index contributed by atoms with van der Waals surface area (Å²) in [6, 6.07) is 8.26. The second-order valence-electron chi connectivity index (χ2n) is 5.07. The smallest absolute Gasteiger partial charge is 0.406 e. The van der Waals surface area contributed by atoms with Gasteiger partial charge < -0.3 is 19.2 Å². The third-order valence-corrected chi connectivity index (χ3v) is 3.09. The van der Waals surface area contributed by atoms with Crippen molar-refractivity contribution in [2.75, 3.05) is 13.2 Å². The predicted octanol–water partition coefficient (Wildman–Crippen LogP) is 2.95. The van der Waals surface area contributed by atoms with E-state index in [0.29, 0.717) is 4.90 Å². The molecule has 1 heterocycles. The minimum atomic E-state index is -4.58. The predicted molar refractivity (Wildman–Crippen MR) is 79.1 cm³/mol. The molecule has 0 aliphatic rings. The highest BCUT2D eigenvalue weighted by Gasteiger charge is 2.33. The van der Waals surface area contributed by atoms with E-state index in [1.165, 1.54) is 42.7 Å². The molecule has 2 aromatic rings. The number of ether oxygens (including phenoxy) is 1. The van der Waals surface area contributed by atoms with Gasteiger partial charge in [0.1, 0.15) is 18.1 Å². The number of rotatable bonds is 7. The molecule has 1 aromatic heterocycles. The number of furan rings is 1. The Morgan fingerprint density at radius 1 is 1.20 bits per heavy atom. The molecular formula is C16H14F3NO5. The van der Waals surface area contributed by atoms with E-state index in [-0.39, 0.29) is 23.6 Å². The van der Waals surface area contributed by atoms with Gasteiger partial charge in [-0.2, -0.15) is 13.2 Å². The molecule has 0 aliphatic carbocycles. The van der Waals surface area contributed by atoms with Crippen molar-refractivity contribution in [3.8, 4) is 5.75 Å². The molecule has 134 valence electrons. The van der Waals surface area contributed by atoms with Crippen LogP contribution in [-0.4, -0.2) is 41.2 Å². The lowest BCUT2D eigenvalue weighted by atomic mass is 10.2. The first-order valence-corrected chi connectivity index (χ1v) is 7.07. The van der Waals surface area contributed by atoms with Crippen LogP contribution in [0.4, 0.5) is 13.2 Å². The molecule has 1 amide bonds. The molecule has 6 nitrogen and oxygen atoms in total. The first kappa shape index (κ1) is 18.4. The standard InChI is InChI=1S/C16H14F3NO5/c17-16(18,19)10-20(8-13-5-2-6-24-13)14(21)9-25-12-4-1-3-11(7-12)15(22)23/h1-7H,8-10H2,(H,22,23). The number of hydrogen-bond acceptors (Lipinski definition) is 4. The van der Waals surface area contributed by atoms with Crippen molar-refractivity contribution in [3.05, 3.63) is 54.0 Å². The van der Waals surface area contributed by atoms with Crippen molar-refractivity contribution in [3.63, 3.8) is 0 Å². The summed E-state index contributed by atoms with van der Waals surface area (Å²) in [5.74, 6) is -1.83. The van der Waals surface area contributed by atoms with Crippen LogP contribution in [0.25, 0.3) is 0 Å². The van der Waals surface area contributed by atoms with E-state index in [1.807, 2.05) is 0 Å². The molecule has 25 heavy (non-hydrogen) atoms. The van der Waals surface area contributed by atoms with E-state index in [0.717, 1.165) is 0 Å². The minimum absolute atomic E-state index is 0.0623. The number of benzene rings is 1. The number of carboxylic acids is 1. The van der Waals surface area contributed by atoms with Crippen LogP contribution in [0, 0.1) is 0 Å². The number of nitrogens with zero attached hydrogens (tertiary/aromatic N) is 1. The molecule has 0 saturated carbocycles. The second kappa shape index (κ2) is 7.73. The van der Waals surface area contributed by atoms with Crippen molar-refractivity contribution < 1.29 is 37.0 Å². The molecule has 1 N–H and O–H groups in total. The van der Waals surface area contributed by atoms with E-state index < -0.39 is 31.2 Å². The number of alkyl halides is 3. The highest BCUT2D eigenvalue weighted by molar-refractivity contribution is 5.88. The van der Waals surface area contributed by atoms with E-state index in [1.54, 1.807) is 0 Å². The van der Waals surface area contributed by atoms with E-state index >= 15 is 0 Å². The first-order chi connectivity index (χ1) is 11.7. The fraction of sp³-hybridized carbons (Fsp3) is 0.250. The lowest BCUT2D eigenvalue weighted by molar-refractivity contribution is -0.164. The average molecular weight is 357 g/mol. The van der Waals surface area contributed by atoms with Gasteiger partial charge in [0.05, 0.1) is 18.4 Å². The zero-order valence-electron chi connectivity index (χ0n) is 12.8. The van der Waals surface area contributed by atoms with Gasteiger partial charge in [0, 0.05) is 0 Å². The SMILES string of the molecule is O=C(O)c1cccc(OCC(=O)N(Cc2ccco2)CC(F)(F)F)c1. The second-order valence-corrected chi connectivity index (χ2v) is 5.07. The molecule has 2 rings (SSSR count). The third-order valence-electron chi connectivity index (χ3n) is 3.09. The molecule has 1 aromatic carbocycles. The summed E-state index contributed by atoms with van der Waals surface area (Å²) in [6.07, 6.45) is -3.29. The number of amides is 1. The largest absolute Gasteiger partial charge is 0.484 e. The fourth-order valence-corrected chi connectivity index (χ4v) is 1.99. The van der Waals surface area contributed by atoms with Gasteiger partial charge in [-0.25, -0.2) is 4.79 Å². The van der Waals surface area contributed by atoms with Crippen LogP contribution in [0.3, 0.4) is 0 Å². The molecule has 0 bridgehead atoms. The van der Waals surface area contributed by atoms with Crippen LogP contribution in [0.5, 0.6) is 5.75 Å². The maximum atomic E-state index is 12.7. The van der Waals surface area contributed by atoms with Crippen LogP contribution >= 0.6 is 0 Å². The quantitative estimate of drug-likeness (QED) is 0.824. The number of carbonyl (C=O) groups excluding carboxylic acids is 1. The Labute approximate surface area is 140 Å². The topological polar surface area (TPSA) is 80.0 Å². The minimum Gasteiger partial charge on any atom is -0.484 e. The highest BCUT2D eigenvalue weighted by atomic mass is 19.4. The van der Waals surface area contributed by atoms with Crippen molar-refractivity contribution in [2.24, 2.45) is 0 Å². The summed E-state index contributed by atoms with van der Waals surface area (Å²) in [7, 11) is 0. The summed E-state index contributed by atoms with van der Waals surface area (Å²) in [6.45, 7) is -2.48. The molecule has 0 aliphatic heterocycles. The molecule has 0 spiro atoms. The average Bonchev–Trinajstić information content (AvgIpc) is 3.04. The van der Waals surface area contributed by atoms with Crippen molar-refractivity contribution in [1.82, 2.24) is 4.90 Å². The van der Waals surface area contributed by atoms with Gasteiger partial charge in [0.2, 0.25) is 0 Å². The molecule has 0 radical (unpaired) electrons. The highest BCUT2D eigenvalue weighted by Crippen LogP contribution is 2.19. The lowest BCUT2D eigenvalue weighted by Gasteiger charge is -2.23. The molecule has 0 saturated heterocycles.